The molecule has 0 aliphatic carbocycles. The van der Waals surface area contributed by atoms with Crippen LogP contribution in [0.3, 0.4) is 0 Å². The monoisotopic (exact) mass is 569 g/mol. The molecule has 2 aliphatic rings. The van der Waals surface area contributed by atoms with Crippen molar-refractivity contribution in [3.63, 3.8) is 0 Å². The van der Waals surface area contributed by atoms with Gasteiger partial charge < -0.3 is 10.6 Å². The molecule has 0 spiro atoms. The molecule has 12 heteroatoms. The average molecular weight is 570 g/mol. The average Bonchev–Trinajstić information content (AvgIpc) is 3.08. The molecule has 0 bridgehead atoms. The fraction of sp³-hybridized carbons (Fsp3) is 0.417. The molecule has 1 fully saturated rings. The maximum atomic E-state index is 13.6. The predicted molar refractivity (Wildman–Crippen MR) is 127 cm³/mol. The molecule has 1 aromatic heterocycles. The van der Waals surface area contributed by atoms with Crippen LogP contribution in [0.5, 0.6) is 0 Å². The third-order valence-electron chi connectivity index (χ3n) is 6.42. The minimum absolute atomic E-state index is 0.00905. The maximum absolute atomic E-state index is 13.6. The first-order chi connectivity index (χ1) is 17.0. The Labute approximate surface area is 213 Å². The van der Waals surface area contributed by atoms with Gasteiger partial charge in [0.1, 0.15) is 17.8 Å². The van der Waals surface area contributed by atoms with Gasteiger partial charge in [-0.15, -0.1) is 0 Å². The Morgan fingerprint density at radius 1 is 1.25 bits per heavy atom. The fourth-order valence-electron chi connectivity index (χ4n) is 4.67. The number of carbonyl (C=O) groups excluding carboxylic acids is 2. The number of rotatable bonds is 7. The zero-order valence-corrected chi connectivity index (χ0v) is 20.7. The van der Waals surface area contributed by atoms with Crippen molar-refractivity contribution >= 4 is 33.5 Å². The van der Waals surface area contributed by atoms with E-state index in [1.165, 1.54) is 23.2 Å². The van der Waals surface area contributed by atoms with Crippen molar-refractivity contribution in [1.29, 1.82) is 0 Å². The number of aryl methyl sites for hydroxylation is 1. The molecule has 2 N–H and O–H groups in total. The molecule has 2 atom stereocenters. The van der Waals surface area contributed by atoms with Crippen LogP contribution in [0.2, 0.25) is 0 Å². The van der Waals surface area contributed by atoms with Crippen LogP contribution in [0.4, 0.5) is 17.6 Å². The summed E-state index contributed by atoms with van der Waals surface area (Å²) in [7, 11) is 0. The Morgan fingerprint density at radius 3 is 2.72 bits per heavy atom. The quantitative estimate of drug-likeness (QED) is 0.517. The van der Waals surface area contributed by atoms with Gasteiger partial charge in [-0.25, -0.2) is 9.40 Å². The smallest absolute Gasteiger partial charge is 0.339 e. The van der Waals surface area contributed by atoms with Crippen LogP contribution in [0, 0.1) is 11.2 Å². The number of hydrogen-bond acceptors (Lipinski definition) is 5. The van der Waals surface area contributed by atoms with Crippen LogP contribution in [0.25, 0.3) is 0 Å². The first-order valence-electron chi connectivity index (χ1n) is 11.3. The number of halogens is 5. The summed E-state index contributed by atoms with van der Waals surface area (Å²) in [5.41, 5.74) is 6.20. The number of aromatic nitrogens is 1. The van der Waals surface area contributed by atoms with E-state index < -0.39 is 41.8 Å². The largest absolute Gasteiger partial charge is 0.408 e. The Balaban J connectivity index is 1.53. The molecular formula is C24H24BrF4N5O2. The minimum atomic E-state index is -4.62. The zero-order valence-electron chi connectivity index (χ0n) is 19.1. The summed E-state index contributed by atoms with van der Waals surface area (Å²) in [5, 5.41) is 4.47. The van der Waals surface area contributed by atoms with Crippen LogP contribution in [-0.4, -0.2) is 64.3 Å². The van der Waals surface area contributed by atoms with E-state index in [0.29, 0.717) is 32.9 Å². The van der Waals surface area contributed by atoms with Crippen LogP contribution >= 0.6 is 15.9 Å². The molecule has 4 rings (SSSR count). The summed E-state index contributed by atoms with van der Waals surface area (Å²) in [4.78, 5) is 32.2. The molecule has 3 heterocycles. The van der Waals surface area contributed by atoms with Crippen molar-refractivity contribution in [2.45, 2.75) is 37.9 Å². The highest BCUT2D eigenvalue weighted by molar-refractivity contribution is 9.10. The van der Waals surface area contributed by atoms with Gasteiger partial charge in [0.05, 0.1) is 11.8 Å². The van der Waals surface area contributed by atoms with Crippen molar-refractivity contribution in [3.8, 4) is 0 Å². The topological polar surface area (TPSA) is 91.9 Å². The van der Waals surface area contributed by atoms with Gasteiger partial charge in [0, 0.05) is 42.3 Å². The second-order valence-electron chi connectivity index (χ2n) is 9.00. The number of benzene rings is 1. The lowest BCUT2D eigenvalue weighted by Gasteiger charge is -2.40. The second kappa shape index (κ2) is 10.3. The molecule has 192 valence electrons. The number of pyridine rings is 1. The number of hydrogen-bond donors (Lipinski definition) is 1. The van der Waals surface area contributed by atoms with E-state index in [-0.39, 0.29) is 32.4 Å². The Morgan fingerprint density at radius 2 is 2.03 bits per heavy atom. The third kappa shape index (κ3) is 5.59. The summed E-state index contributed by atoms with van der Waals surface area (Å²) in [6.45, 7) is -1.48. The molecule has 7 nitrogen and oxygen atoms in total. The van der Waals surface area contributed by atoms with Crippen LogP contribution < -0.4 is 5.73 Å². The molecule has 2 amide bonds. The van der Waals surface area contributed by atoms with Gasteiger partial charge in [0.25, 0.3) is 5.91 Å². The SMILES string of the molecule is NC(CCc1cc(F)ccc1Br)C(=O)N1CCC2=NN(CC(F)(F)F)C(=O)[C@]2(Cc2ccccn2)C1. The number of likely N-dealkylation sites (tertiary alicyclic amines) is 1. The number of nitrogens with zero attached hydrogens (tertiary/aromatic N) is 4. The Hall–Kier alpha value is -2.86. The Bertz CT molecular complexity index is 1180. The van der Waals surface area contributed by atoms with E-state index in [1.54, 1.807) is 24.3 Å². The van der Waals surface area contributed by atoms with E-state index >= 15 is 0 Å². The van der Waals surface area contributed by atoms with E-state index in [1.807, 2.05) is 0 Å². The van der Waals surface area contributed by atoms with E-state index in [9.17, 15) is 27.2 Å². The molecule has 1 aromatic carbocycles. The van der Waals surface area contributed by atoms with Gasteiger partial charge in [-0.2, -0.15) is 18.3 Å². The van der Waals surface area contributed by atoms with Crippen LogP contribution in [0.1, 0.15) is 24.1 Å². The zero-order chi connectivity index (χ0) is 26.1. The first-order valence-corrected chi connectivity index (χ1v) is 12.1. The highest BCUT2D eigenvalue weighted by Crippen LogP contribution is 2.39. The highest BCUT2D eigenvalue weighted by atomic mass is 79.9. The summed E-state index contributed by atoms with van der Waals surface area (Å²) in [5.74, 6) is -1.64. The van der Waals surface area contributed by atoms with Crippen molar-refractivity contribution in [3.05, 3.63) is 64.1 Å². The summed E-state index contributed by atoms with van der Waals surface area (Å²) in [6.07, 6.45) is -2.39. The van der Waals surface area contributed by atoms with Crippen molar-refractivity contribution in [2.75, 3.05) is 19.6 Å². The van der Waals surface area contributed by atoms with E-state index in [0.717, 1.165) is 0 Å². The third-order valence-corrected chi connectivity index (χ3v) is 7.19. The summed E-state index contributed by atoms with van der Waals surface area (Å²) < 4.78 is 53.6. The Kier molecular flexibility index (Phi) is 7.46. The standard InChI is InChI=1S/C24H24BrF4N5O2/c25-18-6-5-16(26)11-15(18)4-7-19(30)21(35)33-10-8-20-23(13-33,12-17-3-1-2-9-31-17)22(36)34(32-20)14-24(27,28)29/h1-3,5-6,9,11,19H,4,7-8,10,12-14,30H2/t19?,23-/m1/s1. The lowest BCUT2D eigenvalue weighted by Crippen LogP contribution is -2.58. The number of carbonyl (C=O) groups is 2. The van der Waals surface area contributed by atoms with Gasteiger partial charge >= 0.3 is 6.18 Å². The van der Waals surface area contributed by atoms with Gasteiger partial charge in [-0.3, -0.25) is 14.6 Å². The second-order valence-corrected chi connectivity index (χ2v) is 9.85. The summed E-state index contributed by atoms with van der Waals surface area (Å²) in [6, 6.07) is 8.39. The molecule has 36 heavy (non-hydrogen) atoms. The predicted octanol–water partition coefficient (Wildman–Crippen LogP) is 3.47. The normalized spacial score (nSPS) is 20.8. The molecule has 0 radical (unpaired) electrons. The molecular weight excluding hydrogens is 546 g/mol. The number of amides is 2. The van der Waals surface area contributed by atoms with Gasteiger partial charge in [0.2, 0.25) is 5.91 Å². The van der Waals surface area contributed by atoms with Gasteiger partial charge in [0.15, 0.2) is 0 Å². The number of alkyl halides is 3. The van der Waals surface area contributed by atoms with E-state index in [4.69, 9.17) is 5.73 Å². The van der Waals surface area contributed by atoms with Gasteiger partial charge in [-0.1, -0.05) is 22.0 Å². The maximum Gasteiger partial charge on any atom is 0.408 e. The van der Waals surface area contributed by atoms with Crippen molar-refractivity contribution in [2.24, 2.45) is 16.3 Å². The molecule has 1 unspecified atom stereocenters. The van der Waals surface area contributed by atoms with E-state index in [2.05, 4.69) is 26.0 Å². The number of hydrazone groups is 1. The number of nitrogens with two attached hydrogens (primary N) is 1. The summed E-state index contributed by atoms with van der Waals surface area (Å²) >= 11 is 3.35. The molecule has 0 saturated carbocycles. The van der Waals surface area contributed by atoms with Gasteiger partial charge in [-0.05, 0) is 48.7 Å². The molecule has 1 saturated heterocycles. The lowest BCUT2D eigenvalue weighted by molar-refractivity contribution is -0.164. The fourth-order valence-corrected chi connectivity index (χ4v) is 5.11. The highest BCUT2D eigenvalue weighted by Gasteiger charge is 2.56. The minimum Gasteiger partial charge on any atom is -0.339 e. The van der Waals surface area contributed by atoms with Crippen LogP contribution in [-0.2, 0) is 22.4 Å². The van der Waals surface area contributed by atoms with Crippen molar-refractivity contribution < 1.29 is 27.2 Å². The lowest BCUT2D eigenvalue weighted by atomic mass is 9.74. The number of fused-ring (bicyclic) bond motifs is 1. The molecule has 2 aliphatic heterocycles. The van der Waals surface area contributed by atoms with Crippen molar-refractivity contribution in [1.82, 2.24) is 14.9 Å². The van der Waals surface area contributed by atoms with Crippen LogP contribution in [0.15, 0.2) is 52.2 Å². The first kappa shape index (κ1) is 26.2. The number of piperidine rings is 1. The molecule has 2 aromatic rings.